The minimum Gasteiger partial charge on any atom is -0.464 e. The van der Waals surface area contributed by atoms with Gasteiger partial charge in [-0.1, -0.05) is 29.8 Å². The topological polar surface area (TPSA) is 118 Å². The van der Waals surface area contributed by atoms with Gasteiger partial charge in [0, 0.05) is 46.7 Å². The predicted molar refractivity (Wildman–Crippen MR) is 166 cm³/mol. The van der Waals surface area contributed by atoms with Crippen LogP contribution in [-0.2, 0) is 14.3 Å². The van der Waals surface area contributed by atoms with Gasteiger partial charge >= 0.3 is 0 Å². The normalized spacial score (nSPS) is 19.6. The third-order valence-electron chi connectivity index (χ3n) is 8.05. The SMILES string of the molecule is CCO[C@@H]1OC(C(=O)Nc2ccc(N3C(=O)c4ccc(Cl)cc4C3=O)c(C)c2)=C[C@H](c2coc3ccccc23)[C@@H]1CCCO. The first-order valence-electron chi connectivity index (χ1n) is 14.5. The molecule has 0 radical (unpaired) electrons. The summed E-state index contributed by atoms with van der Waals surface area (Å²) >= 11 is 6.06. The van der Waals surface area contributed by atoms with Gasteiger partial charge in [0.25, 0.3) is 17.7 Å². The maximum atomic E-state index is 13.6. The Morgan fingerprint density at radius 2 is 1.86 bits per heavy atom. The summed E-state index contributed by atoms with van der Waals surface area (Å²) in [5, 5.41) is 13.8. The van der Waals surface area contributed by atoms with Crippen molar-refractivity contribution in [1.29, 1.82) is 0 Å². The van der Waals surface area contributed by atoms with Crippen LogP contribution in [0.4, 0.5) is 11.4 Å². The van der Waals surface area contributed by atoms with Crippen LogP contribution in [0, 0.1) is 12.8 Å². The number of anilines is 2. The molecule has 0 bridgehead atoms. The van der Waals surface area contributed by atoms with Crippen LogP contribution in [0.1, 0.15) is 57.5 Å². The molecule has 2 aliphatic heterocycles. The molecular weight excluding hydrogens is 584 g/mol. The highest BCUT2D eigenvalue weighted by Gasteiger charge is 2.40. The molecule has 2 N–H and O–H groups in total. The van der Waals surface area contributed by atoms with Crippen LogP contribution in [0.25, 0.3) is 11.0 Å². The average Bonchev–Trinajstić information content (AvgIpc) is 3.55. The van der Waals surface area contributed by atoms with Crippen molar-refractivity contribution in [3.8, 4) is 0 Å². The van der Waals surface area contributed by atoms with Crippen molar-refractivity contribution in [3.05, 3.63) is 106 Å². The van der Waals surface area contributed by atoms with Gasteiger partial charge in [-0.3, -0.25) is 14.4 Å². The second kappa shape index (κ2) is 12.3. The highest BCUT2D eigenvalue weighted by molar-refractivity contribution is 6.37. The number of para-hydroxylation sites is 1. The van der Waals surface area contributed by atoms with Gasteiger partial charge in [-0.05, 0) is 80.8 Å². The molecule has 3 heterocycles. The summed E-state index contributed by atoms with van der Waals surface area (Å²) in [7, 11) is 0. The van der Waals surface area contributed by atoms with Crippen LogP contribution in [-0.4, -0.2) is 42.3 Å². The minimum atomic E-state index is -0.720. The fourth-order valence-electron chi connectivity index (χ4n) is 5.99. The van der Waals surface area contributed by atoms with Crippen molar-refractivity contribution in [1.82, 2.24) is 0 Å². The number of fused-ring (bicyclic) bond motifs is 2. The van der Waals surface area contributed by atoms with Crippen molar-refractivity contribution < 1.29 is 33.4 Å². The van der Waals surface area contributed by atoms with Crippen molar-refractivity contribution >= 4 is 51.7 Å². The number of aliphatic hydroxyl groups excluding tert-OH is 1. The van der Waals surface area contributed by atoms with E-state index in [4.69, 9.17) is 25.5 Å². The number of hydrogen-bond acceptors (Lipinski definition) is 7. The largest absolute Gasteiger partial charge is 0.464 e. The van der Waals surface area contributed by atoms with E-state index in [9.17, 15) is 19.5 Å². The summed E-state index contributed by atoms with van der Waals surface area (Å²) in [4.78, 5) is 40.9. The fraction of sp³-hybridized carbons (Fsp3) is 0.265. The zero-order valence-corrected chi connectivity index (χ0v) is 25.0. The number of ether oxygens (including phenoxy) is 2. The zero-order chi connectivity index (χ0) is 31.0. The molecule has 0 aliphatic carbocycles. The molecule has 6 rings (SSSR count). The van der Waals surface area contributed by atoms with E-state index in [1.165, 1.54) is 6.07 Å². The first-order chi connectivity index (χ1) is 21.3. The van der Waals surface area contributed by atoms with Crippen molar-refractivity contribution in [2.24, 2.45) is 5.92 Å². The third kappa shape index (κ3) is 5.38. The summed E-state index contributed by atoms with van der Waals surface area (Å²) in [6, 6.07) is 17.3. The lowest BCUT2D eigenvalue weighted by molar-refractivity contribution is -0.164. The summed E-state index contributed by atoms with van der Waals surface area (Å²) in [6.07, 6.45) is 3.93. The maximum absolute atomic E-state index is 13.6. The summed E-state index contributed by atoms with van der Waals surface area (Å²) < 4.78 is 17.9. The van der Waals surface area contributed by atoms with E-state index in [0.717, 1.165) is 21.4 Å². The first kappa shape index (κ1) is 29.6. The van der Waals surface area contributed by atoms with Crippen LogP contribution in [0.5, 0.6) is 0 Å². The Balaban J connectivity index is 1.28. The lowest BCUT2D eigenvalue weighted by Crippen LogP contribution is -2.37. The second-order valence-electron chi connectivity index (χ2n) is 10.8. The number of benzene rings is 3. The van der Waals surface area contributed by atoms with Gasteiger partial charge < -0.3 is 24.3 Å². The molecule has 9 nitrogen and oxygen atoms in total. The first-order valence-corrected chi connectivity index (χ1v) is 14.9. The Labute approximate surface area is 259 Å². The van der Waals surface area contributed by atoms with Crippen LogP contribution in [0.3, 0.4) is 0 Å². The number of nitrogens with zero attached hydrogens (tertiary/aromatic N) is 1. The monoisotopic (exact) mass is 614 g/mol. The Kier molecular flexibility index (Phi) is 8.27. The zero-order valence-electron chi connectivity index (χ0n) is 24.2. The number of carbonyl (C=O) groups excluding carboxylic acids is 3. The molecule has 1 aromatic heterocycles. The van der Waals surface area contributed by atoms with Gasteiger partial charge in [0.15, 0.2) is 5.76 Å². The Hall–Kier alpha value is -4.44. The molecule has 0 saturated heterocycles. The molecule has 2 aliphatic rings. The van der Waals surface area contributed by atoms with Gasteiger partial charge in [-0.15, -0.1) is 0 Å². The quantitative estimate of drug-likeness (QED) is 0.204. The van der Waals surface area contributed by atoms with Crippen molar-refractivity contribution in [2.45, 2.75) is 38.9 Å². The van der Waals surface area contributed by atoms with E-state index < -0.39 is 24.0 Å². The van der Waals surface area contributed by atoms with Gasteiger partial charge in [-0.25, -0.2) is 4.90 Å². The second-order valence-corrected chi connectivity index (χ2v) is 11.2. The number of aryl methyl sites for hydroxylation is 1. The smallest absolute Gasteiger partial charge is 0.290 e. The average molecular weight is 615 g/mol. The number of imide groups is 1. The van der Waals surface area contributed by atoms with Gasteiger partial charge in [0.2, 0.25) is 6.29 Å². The predicted octanol–water partition coefficient (Wildman–Crippen LogP) is 6.58. The number of carbonyl (C=O) groups is 3. The molecule has 3 amide bonds. The summed E-state index contributed by atoms with van der Waals surface area (Å²) in [5.41, 5.74) is 3.67. The van der Waals surface area contributed by atoms with E-state index in [1.807, 2.05) is 31.2 Å². The molecule has 0 spiro atoms. The molecule has 10 heteroatoms. The highest BCUT2D eigenvalue weighted by atomic mass is 35.5. The van der Waals surface area contributed by atoms with Crippen LogP contribution >= 0.6 is 11.6 Å². The molecule has 3 atom stereocenters. The van der Waals surface area contributed by atoms with Crippen molar-refractivity contribution in [2.75, 3.05) is 23.4 Å². The maximum Gasteiger partial charge on any atom is 0.290 e. The van der Waals surface area contributed by atoms with Gasteiger partial charge in [0.05, 0.1) is 23.1 Å². The van der Waals surface area contributed by atoms with E-state index in [0.29, 0.717) is 47.0 Å². The van der Waals surface area contributed by atoms with Crippen molar-refractivity contribution in [3.63, 3.8) is 0 Å². The number of nitrogens with one attached hydrogen (secondary N) is 1. The minimum absolute atomic E-state index is 0.0229. The number of amides is 3. The van der Waals surface area contributed by atoms with E-state index >= 15 is 0 Å². The van der Waals surface area contributed by atoms with Crippen LogP contribution in [0.15, 0.2) is 83.2 Å². The van der Waals surface area contributed by atoms with Gasteiger partial charge in [0.1, 0.15) is 5.58 Å². The molecule has 44 heavy (non-hydrogen) atoms. The van der Waals surface area contributed by atoms with E-state index in [2.05, 4.69) is 5.32 Å². The molecule has 4 aromatic rings. The molecule has 226 valence electrons. The molecule has 0 unspecified atom stereocenters. The molecule has 0 fully saturated rings. The Morgan fingerprint density at radius 3 is 2.64 bits per heavy atom. The van der Waals surface area contributed by atoms with Crippen LogP contribution < -0.4 is 10.2 Å². The highest BCUT2D eigenvalue weighted by Crippen LogP contribution is 2.42. The Morgan fingerprint density at radius 1 is 1.07 bits per heavy atom. The Bertz CT molecular complexity index is 1800. The third-order valence-corrected chi connectivity index (χ3v) is 8.28. The number of halogens is 1. The van der Waals surface area contributed by atoms with Gasteiger partial charge in [-0.2, -0.15) is 0 Å². The summed E-state index contributed by atoms with van der Waals surface area (Å²) in [6.45, 7) is 4.02. The number of allylic oxidation sites excluding steroid dienone is 1. The number of hydrogen-bond donors (Lipinski definition) is 2. The number of aliphatic hydroxyl groups is 1. The number of rotatable bonds is 9. The van der Waals surface area contributed by atoms with Crippen LogP contribution in [0.2, 0.25) is 5.02 Å². The lowest BCUT2D eigenvalue weighted by atomic mass is 9.80. The molecular formula is C34H31ClN2O7. The fourth-order valence-corrected chi connectivity index (χ4v) is 6.16. The van der Waals surface area contributed by atoms with E-state index in [1.54, 1.807) is 49.6 Å². The standard InChI is InChI=1S/C34H31ClN2O7/c1-3-42-34-24(8-6-14-38)25(27-18-43-29-9-5-4-7-22(27)29)17-30(44-34)31(39)36-21-11-13-28(19(2)15-21)37-32(40)23-12-10-20(35)16-26(23)33(37)41/h4-5,7,9-13,15-18,24-25,34,38H,3,6,8,14H2,1-2H3,(H,36,39)/t24-,25-,34+/m0/s1. The summed E-state index contributed by atoms with van der Waals surface area (Å²) in [5.74, 6) is -1.71. The lowest BCUT2D eigenvalue weighted by Gasteiger charge is -2.36. The number of furan rings is 1. The van der Waals surface area contributed by atoms with E-state index in [-0.39, 0.29) is 29.8 Å². The molecule has 3 aromatic carbocycles. The molecule has 0 saturated carbocycles.